The zero-order chi connectivity index (χ0) is 21.6. The van der Waals surface area contributed by atoms with E-state index in [0.717, 1.165) is 5.56 Å². The van der Waals surface area contributed by atoms with Crippen molar-refractivity contribution in [2.45, 2.75) is 44.9 Å². The highest BCUT2D eigenvalue weighted by Crippen LogP contribution is 2.37. The van der Waals surface area contributed by atoms with Gasteiger partial charge in [-0.1, -0.05) is 111 Å². The summed E-state index contributed by atoms with van der Waals surface area (Å²) in [5.41, 5.74) is 0.884. The molecule has 0 aliphatic heterocycles. The lowest BCUT2D eigenvalue weighted by atomic mass is 10.2. The summed E-state index contributed by atoms with van der Waals surface area (Å²) in [7, 11) is -2.71. The van der Waals surface area contributed by atoms with Gasteiger partial charge in [0.2, 0.25) is 0 Å². The fraction of sp³-hybridized carbons (Fsp3) is 0.259. The Balaban J connectivity index is 2.02. The van der Waals surface area contributed by atoms with Crippen LogP contribution in [-0.4, -0.2) is 25.6 Å². The standard InChI is InChI=1S/C27H30O2Si/c1-22(26(28)21-20-23-14-8-5-9-15-23)29-30(27(2,3)4,24-16-10-6-11-17-24)25-18-12-7-13-19-25/h5-19,22,26,28H,1-4H3/t22-,26+/m0/s1. The van der Waals surface area contributed by atoms with Crippen molar-refractivity contribution >= 4 is 18.7 Å². The van der Waals surface area contributed by atoms with E-state index in [1.165, 1.54) is 10.4 Å². The lowest BCUT2D eigenvalue weighted by Crippen LogP contribution is -2.68. The smallest absolute Gasteiger partial charge is 0.261 e. The Morgan fingerprint density at radius 3 is 1.63 bits per heavy atom. The number of hydrogen-bond acceptors (Lipinski definition) is 2. The first-order valence-corrected chi connectivity index (χ1v) is 12.3. The molecule has 1 N–H and O–H groups in total. The topological polar surface area (TPSA) is 29.5 Å². The van der Waals surface area contributed by atoms with Crippen molar-refractivity contribution in [1.82, 2.24) is 0 Å². The predicted octanol–water partition coefficient (Wildman–Crippen LogP) is 4.36. The van der Waals surface area contributed by atoms with Crippen LogP contribution in [-0.2, 0) is 4.43 Å². The third-order valence-electron chi connectivity index (χ3n) is 5.36. The maximum atomic E-state index is 10.8. The molecule has 30 heavy (non-hydrogen) atoms. The first kappa shape index (κ1) is 22.1. The highest BCUT2D eigenvalue weighted by molar-refractivity contribution is 6.99. The maximum Gasteiger partial charge on any atom is 0.261 e. The predicted molar refractivity (Wildman–Crippen MR) is 127 cm³/mol. The molecule has 154 valence electrons. The molecule has 0 spiro atoms. The van der Waals surface area contributed by atoms with Crippen LogP contribution in [0.25, 0.3) is 0 Å². The van der Waals surface area contributed by atoms with Crippen LogP contribution in [0.1, 0.15) is 33.3 Å². The second kappa shape index (κ2) is 9.45. The van der Waals surface area contributed by atoms with Gasteiger partial charge in [-0.15, -0.1) is 0 Å². The second-order valence-corrected chi connectivity index (χ2v) is 12.8. The number of rotatable bonds is 5. The average Bonchev–Trinajstić information content (AvgIpc) is 2.76. The van der Waals surface area contributed by atoms with Gasteiger partial charge in [0, 0.05) is 5.56 Å². The minimum atomic E-state index is -2.71. The quantitative estimate of drug-likeness (QED) is 0.496. The van der Waals surface area contributed by atoms with Crippen molar-refractivity contribution in [3.05, 3.63) is 96.6 Å². The summed E-state index contributed by atoms with van der Waals surface area (Å²) in [5, 5.41) is 13.1. The van der Waals surface area contributed by atoms with Crippen LogP contribution in [0.5, 0.6) is 0 Å². The number of hydrogen-bond donors (Lipinski definition) is 1. The Hall–Kier alpha value is -2.64. The maximum absolute atomic E-state index is 10.8. The third-order valence-corrected chi connectivity index (χ3v) is 10.5. The van der Waals surface area contributed by atoms with E-state index in [0.29, 0.717) is 0 Å². The largest absolute Gasteiger partial charge is 0.401 e. The van der Waals surface area contributed by atoms with Crippen LogP contribution in [0, 0.1) is 11.8 Å². The van der Waals surface area contributed by atoms with E-state index in [2.05, 4.69) is 81.1 Å². The van der Waals surface area contributed by atoms with Crippen molar-refractivity contribution in [3.8, 4) is 11.8 Å². The SMILES string of the molecule is C[C@H](O[Si](c1ccccc1)(c1ccccc1)C(C)(C)C)[C@H](O)C#Cc1ccccc1. The first-order chi connectivity index (χ1) is 14.3. The minimum absolute atomic E-state index is 0.142. The zero-order valence-electron chi connectivity index (χ0n) is 18.2. The van der Waals surface area contributed by atoms with Gasteiger partial charge in [-0.05, 0) is 34.5 Å². The van der Waals surface area contributed by atoms with Crippen LogP contribution >= 0.6 is 0 Å². The van der Waals surface area contributed by atoms with Gasteiger partial charge in [0.1, 0.15) is 6.10 Å². The van der Waals surface area contributed by atoms with E-state index in [4.69, 9.17) is 4.43 Å². The molecule has 2 nitrogen and oxygen atoms in total. The van der Waals surface area contributed by atoms with Crippen molar-refractivity contribution in [3.63, 3.8) is 0 Å². The molecule has 0 aromatic heterocycles. The van der Waals surface area contributed by atoms with Crippen molar-refractivity contribution < 1.29 is 9.53 Å². The molecule has 0 radical (unpaired) electrons. The summed E-state index contributed by atoms with van der Waals surface area (Å²) in [6, 6.07) is 30.6. The van der Waals surface area contributed by atoms with Gasteiger partial charge in [-0.25, -0.2) is 0 Å². The molecule has 0 saturated heterocycles. The van der Waals surface area contributed by atoms with E-state index in [1.807, 2.05) is 49.4 Å². The van der Waals surface area contributed by atoms with Crippen LogP contribution in [0.3, 0.4) is 0 Å². The highest BCUT2D eigenvalue weighted by Gasteiger charge is 2.51. The van der Waals surface area contributed by atoms with Crippen molar-refractivity contribution in [2.75, 3.05) is 0 Å². The summed E-state index contributed by atoms with van der Waals surface area (Å²) in [4.78, 5) is 0. The second-order valence-electron chi connectivity index (χ2n) is 8.57. The van der Waals surface area contributed by atoms with E-state index in [-0.39, 0.29) is 5.04 Å². The Bertz CT molecular complexity index is 944. The van der Waals surface area contributed by atoms with Gasteiger partial charge >= 0.3 is 0 Å². The Morgan fingerprint density at radius 2 is 1.20 bits per heavy atom. The molecule has 0 amide bonds. The summed E-state index contributed by atoms with van der Waals surface area (Å²) in [5.74, 6) is 6.04. The molecule has 2 atom stereocenters. The minimum Gasteiger partial charge on any atom is -0.401 e. The van der Waals surface area contributed by atoms with Gasteiger partial charge < -0.3 is 9.53 Å². The normalized spacial score (nSPS) is 13.8. The molecule has 3 aromatic carbocycles. The summed E-state index contributed by atoms with van der Waals surface area (Å²) >= 11 is 0. The van der Waals surface area contributed by atoms with E-state index >= 15 is 0 Å². The number of aliphatic hydroxyl groups excluding tert-OH is 1. The molecule has 0 aliphatic rings. The molecule has 3 aromatic rings. The van der Waals surface area contributed by atoms with E-state index in [1.54, 1.807) is 0 Å². The summed E-state index contributed by atoms with van der Waals surface area (Å²) in [6.07, 6.45) is -1.32. The molecule has 0 saturated carbocycles. The molecule has 0 bridgehead atoms. The van der Waals surface area contributed by atoms with Crippen molar-refractivity contribution in [2.24, 2.45) is 0 Å². The molecule has 0 aliphatic carbocycles. The van der Waals surface area contributed by atoms with Crippen molar-refractivity contribution in [1.29, 1.82) is 0 Å². The summed E-state index contributed by atoms with van der Waals surface area (Å²) < 4.78 is 6.91. The molecule has 3 heteroatoms. The summed E-state index contributed by atoms with van der Waals surface area (Å²) in [6.45, 7) is 8.61. The van der Waals surface area contributed by atoms with E-state index in [9.17, 15) is 5.11 Å². The van der Waals surface area contributed by atoms with Gasteiger partial charge in [-0.2, -0.15) is 0 Å². The zero-order valence-corrected chi connectivity index (χ0v) is 19.2. The average molecular weight is 415 g/mol. The molecular formula is C27H30O2Si. The molecular weight excluding hydrogens is 384 g/mol. The number of aliphatic hydroxyl groups is 1. The fourth-order valence-corrected chi connectivity index (χ4v) is 8.53. The van der Waals surface area contributed by atoms with E-state index < -0.39 is 20.5 Å². The third kappa shape index (κ3) is 4.74. The fourth-order valence-electron chi connectivity index (χ4n) is 3.83. The van der Waals surface area contributed by atoms with Gasteiger partial charge in [0.05, 0.1) is 6.10 Å². The van der Waals surface area contributed by atoms with Gasteiger partial charge in [-0.3, -0.25) is 0 Å². The first-order valence-electron chi connectivity index (χ1n) is 10.4. The Morgan fingerprint density at radius 1 is 0.767 bits per heavy atom. The number of benzene rings is 3. The molecule has 0 heterocycles. The van der Waals surface area contributed by atoms with Crippen LogP contribution in [0.4, 0.5) is 0 Å². The van der Waals surface area contributed by atoms with Crippen LogP contribution in [0.15, 0.2) is 91.0 Å². The monoisotopic (exact) mass is 414 g/mol. The highest BCUT2D eigenvalue weighted by atomic mass is 28.4. The molecule has 0 fully saturated rings. The Labute approximate surface area is 181 Å². The van der Waals surface area contributed by atoms with Crippen LogP contribution in [0.2, 0.25) is 5.04 Å². The van der Waals surface area contributed by atoms with Gasteiger partial charge in [0.15, 0.2) is 0 Å². The molecule has 3 rings (SSSR count). The Kier molecular flexibility index (Phi) is 6.94. The lowest BCUT2D eigenvalue weighted by molar-refractivity contribution is 0.0783. The molecule has 0 unspecified atom stereocenters. The van der Waals surface area contributed by atoms with Gasteiger partial charge in [0.25, 0.3) is 8.32 Å². The van der Waals surface area contributed by atoms with Crippen LogP contribution < -0.4 is 10.4 Å². The lowest BCUT2D eigenvalue weighted by Gasteiger charge is -2.45.